The van der Waals surface area contributed by atoms with E-state index in [1.54, 1.807) is 11.3 Å². The molecule has 1 aromatic heterocycles. The number of benzene rings is 1. The number of hydrogen-bond acceptors (Lipinski definition) is 2. The Kier molecular flexibility index (Phi) is 3.72. The lowest BCUT2D eigenvalue weighted by Crippen LogP contribution is -2.05. The van der Waals surface area contributed by atoms with Crippen molar-refractivity contribution < 1.29 is 0 Å². The minimum absolute atomic E-state index is 0.989. The molecule has 1 aromatic carbocycles. The molecule has 0 saturated carbocycles. The molecular formula is C17H14S2. The molecule has 0 radical (unpaired) electrons. The van der Waals surface area contributed by atoms with E-state index in [9.17, 15) is 0 Å². The van der Waals surface area contributed by atoms with Crippen LogP contribution in [-0.4, -0.2) is 4.86 Å². The lowest BCUT2D eigenvalue weighted by molar-refractivity contribution is 1.09. The zero-order valence-corrected chi connectivity index (χ0v) is 12.1. The molecule has 2 heteroatoms. The summed E-state index contributed by atoms with van der Waals surface area (Å²) in [6.45, 7) is 0. The van der Waals surface area contributed by atoms with Crippen LogP contribution in [0, 0.1) is 0 Å². The normalized spacial score (nSPS) is 17.6. The number of rotatable bonds is 2. The van der Waals surface area contributed by atoms with Gasteiger partial charge in [-0.25, -0.2) is 0 Å². The van der Waals surface area contributed by atoms with Crippen LogP contribution >= 0.6 is 23.6 Å². The Morgan fingerprint density at radius 2 is 1.89 bits per heavy atom. The Morgan fingerprint density at radius 1 is 1.05 bits per heavy atom. The highest BCUT2D eigenvalue weighted by molar-refractivity contribution is 7.80. The Bertz CT molecular complexity index is 631. The minimum atomic E-state index is 0.989. The summed E-state index contributed by atoms with van der Waals surface area (Å²) in [5, 5.41) is 2.12. The molecule has 0 N–H and O–H groups in total. The predicted molar refractivity (Wildman–Crippen MR) is 87.8 cm³/mol. The van der Waals surface area contributed by atoms with Gasteiger partial charge in [-0.15, -0.1) is 11.3 Å². The van der Waals surface area contributed by atoms with E-state index in [0.29, 0.717) is 0 Å². The van der Waals surface area contributed by atoms with Crippen LogP contribution in [0.15, 0.2) is 65.6 Å². The fraction of sp³-hybridized carbons (Fsp3) is 0.118. The quantitative estimate of drug-likeness (QED) is 0.534. The molecule has 0 unspecified atom stereocenters. The van der Waals surface area contributed by atoms with E-state index in [-0.39, 0.29) is 0 Å². The van der Waals surface area contributed by atoms with E-state index >= 15 is 0 Å². The summed E-state index contributed by atoms with van der Waals surface area (Å²) >= 11 is 7.34. The second kappa shape index (κ2) is 5.64. The van der Waals surface area contributed by atoms with E-state index in [4.69, 9.17) is 12.2 Å². The number of thiophene rings is 1. The van der Waals surface area contributed by atoms with E-state index < -0.39 is 0 Å². The fourth-order valence-electron chi connectivity index (χ4n) is 2.32. The zero-order valence-electron chi connectivity index (χ0n) is 10.5. The van der Waals surface area contributed by atoms with Crippen LogP contribution in [0.1, 0.15) is 23.3 Å². The first kappa shape index (κ1) is 12.5. The lowest BCUT2D eigenvalue weighted by Gasteiger charge is -2.16. The smallest absolute Gasteiger partial charge is 0.0355 e. The highest BCUT2D eigenvalue weighted by atomic mass is 32.1. The summed E-state index contributed by atoms with van der Waals surface area (Å²) in [6, 6.07) is 14.8. The maximum Gasteiger partial charge on any atom is 0.0355 e. The van der Waals surface area contributed by atoms with E-state index in [2.05, 4.69) is 60.0 Å². The van der Waals surface area contributed by atoms with Gasteiger partial charge in [0.1, 0.15) is 0 Å². The SMILES string of the molecule is S=C1CCC=C/C1=C(\c1ccccc1)c1cccs1. The van der Waals surface area contributed by atoms with Crippen molar-refractivity contribution in [3.05, 3.63) is 76.0 Å². The van der Waals surface area contributed by atoms with Gasteiger partial charge in [0.05, 0.1) is 0 Å². The van der Waals surface area contributed by atoms with Gasteiger partial charge in [-0.1, -0.05) is 60.8 Å². The molecule has 3 rings (SSSR count). The van der Waals surface area contributed by atoms with Gasteiger partial charge in [-0.05, 0) is 35.4 Å². The minimum Gasteiger partial charge on any atom is -0.144 e. The monoisotopic (exact) mass is 282 g/mol. The van der Waals surface area contributed by atoms with Gasteiger partial charge in [0.25, 0.3) is 0 Å². The van der Waals surface area contributed by atoms with Crippen molar-refractivity contribution in [2.24, 2.45) is 0 Å². The molecule has 1 aliphatic carbocycles. The Balaban J connectivity index is 2.23. The van der Waals surface area contributed by atoms with Crippen LogP contribution in [-0.2, 0) is 0 Å². The van der Waals surface area contributed by atoms with Crippen LogP contribution in [0.2, 0.25) is 0 Å². The van der Waals surface area contributed by atoms with Crippen molar-refractivity contribution in [1.29, 1.82) is 0 Å². The second-order valence-corrected chi connectivity index (χ2v) is 5.94. The van der Waals surface area contributed by atoms with Gasteiger partial charge < -0.3 is 0 Å². The third-order valence-corrected chi connectivity index (χ3v) is 4.53. The molecule has 0 amide bonds. The number of hydrogen-bond donors (Lipinski definition) is 0. The van der Waals surface area contributed by atoms with Gasteiger partial charge in [-0.3, -0.25) is 0 Å². The topological polar surface area (TPSA) is 0 Å². The van der Waals surface area contributed by atoms with Crippen molar-refractivity contribution >= 4 is 34.0 Å². The molecule has 0 bridgehead atoms. The first-order chi connectivity index (χ1) is 9.36. The summed E-state index contributed by atoms with van der Waals surface area (Å²) in [5.74, 6) is 0. The van der Waals surface area contributed by atoms with Crippen LogP contribution in [0.25, 0.3) is 5.57 Å². The van der Waals surface area contributed by atoms with E-state index in [0.717, 1.165) is 17.7 Å². The van der Waals surface area contributed by atoms with Crippen LogP contribution < -0.4 is 0 Å². The standard InChI is InChI=1S/C17H14S2/c18-15-10-5-4-9-14(15)17(16-11-6-12-19-16)13-7-2-1-3-8-13/h1-4,6-9,11-12H,5,10H2/b17-14-. The summed E-state index contributed by atoms with van der Waals surface area (Å²) < 4.78 is 0. The number of thiocarbonyl (C=S) groups is 1. The van der Waals surface area contributed by atoms with Gasteiger partial charge in [-0.2, -0.15) is 0 Å². The summed E-state index contributed by atoms with van der Waals surface area (Å²) in [7, 11) is 0. The molecule has 0 fully saturated rings. The zero-order chi connectivity index (χ0) is 13.1. The van der Waals surface area contributed by atoms with E-state index in [1.807, 2.05) is 0 Å². The van der Waals surface area contributed by atoms with Crippen LogP contribution in [0.4, 0.5) is 0 Å². The molecule has 94 valence electrons. The molecule has 0 aliphatic heterocycles. The van der Waals surface area contributed by atoms with Gasteiger partial charge in [0, 0.05) is 15.3 Å². The summed E-state index contributed by atoms with van der Waals surface area (Å²) in [6.07, 6.45) is 6.47. The highest BCUT2D eigenvalue weighted by Gasteiger charge is 2.16. The predicted octanol–water partition coefficient (Wildman–Crippen LogP) is 5.27. The van der Waals surface area contributed by atoms with Gasteiger partial charge >= 0.3 is 0 Å². The molecule has 0 saturated heterocycles. The average molecular weight is 282 g/mol. The Hall–Kier alpha value is -1.51. The van der Waals surface area contributed by atoms with Crippen molar-refractivity contribution in [3.63, 3.8) is 0 Å². The van der Waals surface area contributed by atoms with E-state index in [1.165, 1.54) is 21.6 Å². The Morgan fingerprint density at radius 3 is 2.58 bits per heavy atom. The second-order valence-electron chi connectivity index (χ2n) is 4.50. The Labute approximate surface area is 123 Å². The summed E-state index contributed by atoms with van der Waals surface area (Å²) in [4.78, 5) is 2.37. The number of allylic oxidation sites excluding steroid dienone is 3. The van der Waals surface area contributed by atoms with Gasteiger partial charge in [0.2, 0.25) is 0 Å². The maximum atomic E-state index is 5.57. The third-order valence-electron chi connectivity index (χ3n) is 3.22. The fourth-order valence-corrected chi connectivity index (χ4v) is 3.42. The molecule has 2 aromatic rings. The average Bonchev–Trinajstić information content (AvgIpc) is 2.96. The maximum absolute atomic E-state index is 5.57. The highest BCUT2D eigenvalue weighted by Crippen LogP contribution is 2.33. The van der Waals surface area contributed by atoms with Crippen LogP contribution in [0.5, 0.6) is 0 Å². The first-order valence-electron chi connectivity index (χ1n) is 6.39. The molecule has 0 nitrogen and oxygen atoms in total. The largest absolute Gasteiger partial charge is 0.144 e. The molecular weight excluding hydrogens is 268 g/mol. The van der Waals surface area contributed by atoms with Crippen molar-refractivity contribution in [1.82, 2.24) is 0 Å². The summed E-state index contributed by atoms with van der Waals surface area (Å²) in [5.41, 5.74) is 3.74. The molecule has 0 spiro atoms. The molecule has 1 aliphatic rings. The van der Waals surface area contributed by atoms with Gasteiger partial charge in [0.15, 0.2) is 0 Å². The van der Waals surface area contributed by atoms with Crippen molar-refractivity contribution in [3.8, 4) is 0 Å². The van der Waals surface area contributed by atoms with Crippen molar-refractivity contribution in [2.75, 3.05) is 0 Å². The molecule has 1 heterocycles. The lowest BCUT2D eigenvalue weighted by atomic mass is 9.91. The van der Waals surface area contributed by atoms with Crippen LogP contribution in [0.3, 0.4) is 0 Å². The first-order valence-corrected chi connectivity index (χ1v) is 7.68. The molecule has 19 heavy (non-hydrogen) atoms. The molecule has 0 atom stereocenters. The third kappa shape index (κ3) is 2.60. The van der Waals surface area contributed by atoms with Crippen molar-refractivity contribution in [2.45, 2.75) is 12.8 Å².